The summed E-state index contributed by atoms with van der Waals surface area (Å²) in [5.74, 6) is 1.25. The number of hydrogen-bond donors (Lipinski definition) is 0. The summed E-state index contributed by atoms with van der Waals surface area (Å²) in [7, 11) is 8.31. The smallest absolute Gasteiger partial charge is 0.110 e. The van der Waals surface area contributed by atoms with Crippen LogP contribution in [-0.4, -0.2) is 38.0 Å². The van der Waals surface area contributed by atoms with E-state index in [2.05, 4.69) is 63.1 Å². The minimum Gasteiger partial charge on any atom is -0.364 e. The van der Waals surface area contributed by atoms with Gasteiger partial charge in [0.1, 0.15) is 5.82 Å². The number of rotatable bonds is 3. The molecule has 0 aliphatic heterocycles. The molecule has 0 aromatic heterocycles. The van der Waals surface area contributed by atoms with Crippen LogP contribution in [0.4, 0.5) is 0 Å². The van der Waals surface area contributed by atoms with E-state index in [-0.39, 0.29) is 0 Å². The molecule has 0 atom stereocenters. The van der Waals surface area contributed by atoms with Crippen molar-refractivity contribution in [2.75, 3.05) is 28.2 Å². The van der Waals surface area contributed by atoms with Gasteiger partial charge in [0.05, 0.1) is 0 Å². The second-order valence-corrected chi connectivity index (χ2v) is 3.97. The van der Waals surface area contributed by atoms with Crippen molar-refractivity contribution in [3.8, 4) is 0 Å². The predicted molar refractivity (Wildman–Crippen MR) is 61.9 cm³/mol. The van der Waals surface area contributed by atoms with E-state index in [9.17, 15) is 0 Å². The van der Waals surface area contributed by atoms with Crippen LogP contribution in [0.15, 0.2) is 35.2 Å². The average Bonchev–Trinajstić information content (AvgIpc) is 2.51. The molecule has 2 heteroatoms. The first-order valence-electron chi connectivity index (χ1n) is 5.03. The third kappa shape index (κ3) is 2.19. The molecule has 0 fully saturated rings. The third-order valence-electron chi connectivity index (χ3n) is 2.33. The first-order chi connectivity index (χ1) is 6.56. The Morgan fingerprint density at radius 1 is 1.07 bits per heavy atom. The molecular formula is C12H20N2. The fourth-order valence-corrected chi connectivity index (χ4v) is 1.77. The molecule has 0 aromatic carbocycles. The van der Waals surface area contributed by atoms with Gasteiger partial charge in [-0.1, -0.05) is 19.1 Å². The average molecular weight is 192 g/mol. The van der Waals surface area contributed by atoms with Gasteiger partial charge in [0.2, 0.25) is 0 Å². The van der Waals surface area contributed by atoms with Crippen molar-refractivity contribution in [3.05, 3.63) is 35.2 Å². The van der Waals surface area contributed by atoms with Crippen LogP contribution in [0.1, 0.15) is 13.3 Å². The molecule has 1 aliphatic rings. The van der Waals surface area contributed by atoms with E-state index in [4.69, 9.17) is 0 Å². The zero-order valence-electron chi connectivity index (χ0n) is 9.83. The van der Waals surface area contributed by atoms with E-state index < -0.39 is 0 Å². The van der Waals surface area contributed by atoms with Gasteiger partial charge < -0.3 is 9.80 Å². The van der Waals surface area contributed by atoms with Crippen LogP contribution < -0.4 is 0 Å². The molecule has 0 N–H and O–H groups in total. The molecule has 0 radical (unpaired) electrons. The maximum atomic E-state index is 2.26. The Kier molecular flexibility index (Phi) is 3.39. The summed E-state index contributed by atoms with van der Waals surface area (Å²) in [6, 6.07) is 0. The van der Waals surface area contributed by atoms with Crippen molar-refractivity contribution in [3.63, 3.8) is 0 Å². The number of allylic oxidation sites excluding steroid dienone is 5. The van der Waals surface area contributed by atoms with Crippen LogP contribution in [0.2, 0.25) is 0 Å². The highest BCUT2D eigenvalue weighted by Crippen LogP contribution is 2.22. The molecule has 78 valence electrons. The van der Waals surface area contributed by atoms with Gasteiger partial charge in [0, 0.05) is 33.8 Å². The molecule has 0 amide bonds. The molecule has 0 saturated heterocycles. The SMILES string of the molecule is CCC1=CC(=C(N(C)C)N(C)C)C=C1. The molecule has 14 heavy (non-hydrogen) atoms. The largest absolute Gasteiger partial charge is 0.364 e. The summed E-state index contributed by atoms with van der Waals surface area (Å²) < 4.78 is 0. The molecule has 0 unspecified atom stereocenters. The summed E-state index contributed by atoms with van der Waals surface area (Å²) in [4.78, 5) is 4.30. The van der Waals surface area contributed by atoms with Gasteiger partial charge in [-0.25, -0.2) is 0 Å². The van der Waals surface area contributed by atoms with Gasteiger partial charge in [0.25, 0.3) is 0 Å². The number of hydrogen-bond acceptors (Lipinski definition) is 2. The van der Waals surface area contributed by atoms with Crippen LogP contribution in [0, 0.1) is 0 Å². The Morgan fingerprint density at radius 2 is 1.64 bits per heavy atom. The topological polar surface area (TPSA) is 6.48 Å². The van der Waals surface area contributed by atoms with E-state index in [0.29, 0.717) is 0 Å². The van der Waals surface area contributed by atoms with Crippen LogP contribution >= 0.6 is 0 Å². The molecule has 1 rings (SSSR count). The fourth-order valence-electron chi connectivity index (χ4n) is 1.77. The molecule has 0 aromatic rings. The Bertz CT molecular complexity index is 283. The normalized spacial score (nSPS) is 14.4. The Labute approximate surface area is 87.2 Å². The minimum atomic E-state index is 1.11. The lowest BCUT2D eigenvalue weighted by Gasteiger charge is -2.26. The lowest BCUT2D eigenvalue weighted by Crippen LogP contribution is -2.25. The van der Waals surface area contributed by atoms with Crippen molar-refractivity contribution in [2.45, 2.75) is 13.3 Å². The lowest BCUT2D eigenvalue weighted by atomic mass is 10.2. The molecular weight excluding hydrogens is 172 g/mol. The van der Waals surface area contributed by atoms with E-state index in [0.717, 1.165) is 6.42 Å². The highest BCUT2D eigenvalue weighted by molar-refractivity contribution is 5.47. The van der Waals surface area contributed by atoms with Crippen molar-refractivity contribution < 1.29 is 0 Å². The Morgan fingerprint density at radius 3 is 2.00 bits per heavy atom. The van der Waals surface area contributed by atoms with Gasteiger partial charge in [-0.05, 0) is 18.1 Å². The maximum absolute atomic E-state index is 2.26. The summed E-state index contributed by atoms with van der Waals surface area (Å²) in [5.41, 5.74) is 2.71. The zero-order chi connectivity index (χ0) is 10.7. The standard InChI is InChI=1S/C12H20N2/c1-6-10-7-8-11(9-10)12(13(2)3)14(4)5/h7-9H,6H2,1-5H3. The van der Waals surface area contributed by atoms with Crippen molar-refractivity contribution >= 4 is 0 Å². The highest BCUT2D eigenvalue weighted by atomic mass is 15.3. The summed E-state index contributed by atoms with van der Waals surface area (Å²) >= 11 is 0. The van der Waals surface area contributed by atoms with Crippen LogP contribution in [0.3, 0.4) is 0 Å². The Hall–Kier alpha value is -1.18. The van der Waals surface area contributed by atoms with Crippen LogP contribution in [-0.2, 0) is 0 Å². The fraction of sp³-hybridized carbons (Fsp3) is 0.500. The van der Waals surface area contributed by atoms with Gasteiger partial charge in [-0.3, -0.25) is 0 Å². The van der Waals surface area contributed by atoms with E-state index in [1.54, 1.807) is 0 Å². The maximum Gasteiger partial charge on any atom is 0.110 e. The zero-order valence-corrected chi connectivity index (χ0v) is 9.83. The molecule has 1 aliphatic carbocycles. The van der Waals surface area contributed by atoms with Crippen LogP contribution in [0.5, 0.6) is 0 Å². The first-order valence-corrected chi connectivity index (χ1v) is 5.03. The number of nitrogens with zero attached hydrogens (tertiary/aromatic N) is 2. The lowest BCUT2D eigenvalue weighted by molar-refractivity contribution is 0.340. The summed E-state index contributed by atoms with van der Waals surface area (Å²) in [5, 5.41) is 0. The van der Waals surface area contributed by atoms with Gasteiger partial charge in [0.15, 0.2) is 0 Å². The molecule has 0 saturated carbocycles. The highest BCUT2D eigenvalue weighted by Gasteiger charge is 2.10. The van der Waals surface area contributed by atoms with Crippen LogP contribution in [0.25, 0.3) is 0 Å². The molecule has 0 heterocycles. The van der Waals surface area contributed by atoms with Crippen molar-refractivity contribution in [1.82, 2.24) is 9.80 Å². The van der Waals surface area contributed by atoms with Gasteiger partial charge >= 0.3 is 0 Å². The second kappa shape index (κ2) is 4.36. The minimum absolute atomic E-state index is 1.11. The van der Waals surface area contributed by atoms with E-state index in [1.807, 2.05) is 0 Å². The van der Waals surface area contributed by atoms with Crippen molar-refractivity contribution in [2.24, 2.45) is 0 Å². The quantitative estimate of drug-likeness (QED) is 0.676. The van der Waals surface area contributed by atoms with E-state index >= 15 is 0 Å². The summed E-state index contributed by atoms with van der Waals surface area (Å²) in [6.07, 6.45) is 7.75. The first kappa shape index (κ1) is 10.9. The second-order valence-electron chi connectivity index (χ2n) is 3.97. The predicted octanol–water partition coefficient (Wildman–Crippen LogP) is 2.23. The molecule has 2 nitrogen and oxygen atoms in total. The summed E-state index contributed by atoms with van der Waals surface area (Å²) in [6.45, 7) is 2.18. The third-order valence-corrected chi connectivity index (χ3v) is 2.33. The molecule has 0 bridgehead atoms. The Balaban J connectivity index is 3.03. The van der Waals surface area contributed by atoms with E-state index in [1.165, 1.54) is 17.0 Å². The molecule has 0 spiro atoms. The van der Waals surface area contributed by atoms with Gasteiger partial charge in [-0.2, -0.15) is 0 Å². The van der Waals surface area contributed by atoms with Crippen molar-refractivity contribution in [1.29, 1.82) is 0 Å². The van der Waals surface area contributed by atoms with Gasteiger partial charge in [-0.15, -0.1) is 0 Å². The monoisotopic (exact) mass is 192 g/mol.